The van der Waals surface area contributed by atoms with Gasteiger partial charge in [0.15, 0.2) is 0 Å². The van der Waals surface area contributed by atoms with Crippen LogP contribution in [0, 0.1) is 11.6 Å². The van der Waals surface area contributed by atoms with Gasteiger partial charge in [-0.25, -0.2) is 8.78 Å². The molecule has 0 aliphatic carbocycles. The molecular formula is C18H22F2N2O. The van der Waals surface area contributed by atoms with E-state index in [0.717, 1.165) is 17.5 Å². The zero-order chi connectivity index (χ0) is 16.8. The van der Waals surface area contributed by atoms with Crippen molar-refractivity contribution in [1.29, 1.82) is 0 Å². The molecule has 2 rings (SSSR count). The van der Waals surface area contributed by atoms with Gasteiger partial charge in [-0.15, -0.1) is 0 Å². The molecular weight excluding hydrogens is 298 g/mol. The van der Waals surface area contributed by atoms with E-state index in [1.54, 1.807) is 29.3 Å². The minimum Gasteiger partial charge on any atom is -0.303 e. The van der Waals surface area contributed by atoms with Crippen molar-refractivity contribution in [2.24, 2.45) is 0 Å². The summed E-state index contributed by atoms with van der Waals surface area (Å²) in [6.07, 6.45) is 0.453. The van der Waals surface area contributed by atoms with Crippen LogP contribution in [0.5, 0.6) is 0 Å². The van der Waals surface area contributed by atoms with Crippen LogP contribution in [-0.2, 0) is 4.84 Å². The number of nitrogens with zero attached hydrogens (tertiary/aromatic N) is 1. The fourth-order valence-electron chi connectivity index (χ4n) is 2.47. The number of hydrogen-bond donors (Lipinski definition) is 1. The summed E-state index contributed by atoms with van der Waals surface area (Å²) in [5.41, 5.74) is 1.60. The van der Waals surface area contributed by atoms with Crippen LogP contribution in [-0.4, -0.2) is 25.3 Å². The van der Waals surface area contributed by atoms with Gasteiger partial charge in [-0.1, -0.05) is 31.2 Å². The summed E-state index contributed by atoms with van der Waals surface area (Å²) in [7, 11) is 3.70. The third-order valence-electron chi connectivity index (χ3n) is 3.78. The van der Waals surface area contributed by atoms with E-state index in [4.69, 9.17) is 4.84 Å². The predicted octanol–water partition coefficient (Wildman–Crippen LogP) is 3.87. The van der Waals surface area contributed by atoms with Crippen molar-refractivity contribution < 1.29 is 13.6 Å². The standard InChI is InChI=1S/C18H22F2N2O/c1-4-17(21-2)22(3)23-18(13-5-9-15(19)10-6-13)14-7-11-16(20)12-8-14/h5-12,17-18,21H,4H2,1-3H3. The highest BCUT2D eigenvalue weighted by atomic mass is 19.1. The highest BCUT2D eigenvalue weighted by Gasteiger charge is 2.21. The molecule has 3 nitrogen and oxygen atoms in total. The summed E-state index contributed by atoms with van der Waals surface area (Å²) >= 11 is 0. The summed E-state index contributed by atoms with van der Waals surface area (Å²) in [5.74, 6) is -0.608. The highest BCUT2D eigenvalue weighted by Crippen LogP contribution is 2.28. The van der Waals surface area contributed by atoms with Crippen LogP contribution in [0.2, 0.25) is 0 Å². The molecule has 1 unspecified atom stereocenters. The maximum atomic E-state index is 13.2. The van der Waals surface area contributed by atoms with E-state index in [1.807, 2.05) is 21.0 Å². The Labute approximate surface area is 135 Å². The average Bonchev–Trinajstić information content (AvgIpc) is 2.56. The van der Waals surface area contributed by atoms with Crippen molar-refractivity contribution in [3.8, 4) is 0 Å². The fourth-order valence-corrected chi connectivity index (χ4v) is 2.47. The molecule has 1 N–H and O–H groups in total. The van der Waals surface area contributed by atoms with Gasteiger partial charge in [0.25, 0.3) is 0 Å². The van der Waals surface area contributed by atoms with Crippen LogP contribution in [0.4, 0.5) is 8.78 Å². The first-order chi connectivity index (χ1) is 11.0. The first-order valence-electron chi connectivity index (χ1n) is 7.63. The van der Waals surface area contributed by atoms with Gasteiger partial charge in [-0.2, -0.15) is 5.06 Å². The lowest BCUT2D eigenvalue weighted by Gasteiger charge is -2.30. The minimum atomic E-state index is -0.441. The molecule has 0 aliphatic heterocycles. The van der Waals surface area contributed by atoms with Crippen molar-refractivity contribution >= 4 is 0 Å². The van der Waals surface area contributed by atoms with Crippen LogP contribution in [0.1, 0.15) is 30.6 Å². The van der Waals surface area contributed by atoms with Crippen molar-refractivity contribution in [2.45, 2.75) is 25.6 Å². The van der Waals surface area contributed by atoms with Gasteiger partial charge in [0.1, 0.15) is 17.7 Å². The second-order valence-corrected chi connectivity index (χ2v) is 5.35. The molecule has 0 aromatic heterocycles. The lowest BCUT2D eigenvalue weighted by Crippen LogP contribution is -2.41. The van der Waals surface area contributed by atoms with E-state index in [0.29, 0.717) is 0 Å². The van der Waals surface area contributed by atoms with Gasteiger partial charge in [0.05, 0.1) is 6.17 Å². The number of hydroxylamine groups is 2. The molecule has 2 aromatic rings. The second kappa shape index (κ2) is 8.15. The third kappa shape index (κ3) is 4.58. The van der Waals surface area contributed by atoms with Crippen molar-refractivity contribution in [2.75, 3.05) is 14.1 Å². The SMILES string of the molecule is CCC(NC)N(C)OC(c1ccc(F)cc1)c1ccc(F)cc1. The van der Waals surface area contributed by atoms with Gasteiger partial charge >= 0.3 is 0 Å². The molecule has 1 atom stereocenters. The maximum Gasteiger partial charge on any atom is 0.129 e. The summed E-state index contributed by atoms with van der Waals surface area (Å²) in [6.45, 7) is 2.05. The topological polar surface area (TPSA) is 24.5 Å². The van der Waals surface area contributed by atoms with Gasteiger partial charge in [0.2, 0.25) is 0 Å². The first-order valence-corrected chi connectivity index (χ1v) is 7.63. The zero-order valence-electron chi connectivity index (χ0n) is 13.6. The van der Waals surface area contributed by atoms with Gasteiger partial charge in [-0.05, 0) is 48.9 Å². The monoisotopic (exact) mass is 320 g/mol. The van der Waals surface area contributed by atoms with E-state index in [9.17, 15) is 8.78 Å². The lowest BCUT2D eigenvalue weighted by molar-refractivity contribution is -0.201. The summed E-state index contributed by atoms with van der Waals surface area (Å²) in [6, 6.07) is 12.3. The van der Waals surface area contributed by atoms with Crippen LogP contribution in [0.3, 0.4) is 0 Å². The smallest absolute Gasteiger partial charge is 0.129 e. The Hall–Kier alpha value is -1.82. The number of hydrogen-bond acceptors (Lipinski definition) is 3. The molecule has 124 valence electrons. The Bertz CT molecular complexity index is 552. The molecule has 0 amide bonds. The summed E-state index contributed by atoms with van der Waals surface area (Å²) in [5, 5.41) is 4.89. The fraction of sp³-hybridized carbons (Fsp3) is 0.333. The molecule has 0 bridgehead atoms. The average molecular weight is 320 g/mol. The number of nitrogens with one attached hydrogen (secondary N) is 1. The van der Waals surface area contributed by atoms with Crippen LogP contribution < -0.4 is 5.32 Å². The largest absolute Gasteiger partial charge is 0.303 e. The van der Waals surface area contributed by atoms with Crippen molar-refractivity contribution in [3.05, 3.63) is 71.3 Å². The van der Waals surface area contributed by atoms with Gasteiger partial charge < -0.3 is 5.32 Å². The Morgan fingerprint density at radius 1 is 0.957 bits per heavy atom. The summed E-state index contributed by atoms with van der Waals surface area (Å²) in [4.78, 5) is 6.07. The molecule has 0 saturated carbocycles. The molecule has 0 aliphatic rings. The van der Waals surface area contributed by atoms with Crippen LogP contribution >= 0.6 is 0 Å². The Morgan fingerprint density at radius 3 is 1.74 bits per heavy atom. The minimum absolute atomic E-state index is 0.0402. The van der Waals surface area contributed by atoms with E-state index in [1.165, 1.54) is 24.3 Å². The molecule has 0 heterocycles. The van der Waals surface area contributed by atoms with E-state index in [2.05, 4.69) is 5.32 Å². The van der Waals surface area contributed by atoms with E-state index < -0.39 is 6.10 Å². The zero-order valence-corrected chi connectivity index (χ0v) is 13.6. The van der Waals surface area contributed by atoms with Gasteiger partial charge in [0, 0.05) is 7.05 Å². The molecule has 0 radical (unpaired) electrons. The third-order valence-corrected chi connectivity index (χ3v) is 3.78. The number of benzene rings is 2. The lowest BCUT2D eigenvalue weighted by atomic mass is 10.0. The number of halogens is 2. The normalized spacial score (nSPS) is 12.8. The molecule has 2 aromatic carbocycles. The Balaban J connectivity index is 2.31. The quantitative estimate of drug-likeness (QED) is 0.619. The van der Waals surface area contributed by atoms with E-state index >= 15 is 0 Å². The Kier molecular flexibility index (Phi) is 6.21. The first kappa shape index (κ1) is 17.5. The van der Waals surface area contributed by atoms with Gasteiger partial charge in [-0.3, -0.25) is 4.84 Å². The molecule has 5 heteroatoms. The number of rotatable bonds is 7. The van der Waals surface area contributed by atoms with Crippen molar-refractivity contribution in [1.82, 2.24) is 10.4 Å². The van der Waals surface area contributed by atoms with Crippen molar-refractivity contribution in [3.63, 3.8) is 0 Å². The Morgan fingerprint density at radius 2 is 1.39 bits per heavy atom. The van der Waals surface area contributed by atoms with E-state index in [-0.39, 0.29) is 17.8 Å². The molecule has 0 fully saturated rings. The molecule has 23 heavy (non-hydrogen) atoms. The second-order valence-electron chi connectivity index (χ2n) is 5.35. The molecule has 0 saturated heterocycles. The van der Waals surface area contributed by atoms with Crippen LogP contribution in [0.15, 0.2) is 48.5 Å². The van der Waals surface area contributed by atoms with Crippen LogP contribution in [0.25, 0.3) is 0 Å². The maximum absolute atomic E-state index is 13.2. The summed E-state index contributed by atoms with van der Waals surface area (Å²) < 4.78 is 26.4. The predicted molar refractivity (Wildman–Crippen MR) is 86.6 cm³/mol. The molecule has 0 spiro atoms. The highest BCUT2D eigenvalue weighted by molar-refractivity contribution is 5.30.